The molecule has 1 aromatic rings. The number of aliphatic hydroxyl groups excluding tert-OH is 2. The molecule has 0 aliphatic rings. The fourth-order valence-electron chi connectivity index (χ4n) is 0.874. The molecule has 2 atom stereocenters. The van der Waals surface area contributed by atoms with Gasteiger partial charge in [-0.05, 0) is 12.1 Å². The fraction of sp³-hybridized carbons (Fsp3) is 0.333. The maximum atomic E-state index is 11.3. The molecule has 0 saturated heterocycles. The Labute approximate surface area is 121 Å². The van der Waals surface area contributed by atoms with Crippen molar-refractivity contribution in [3.8, 4) is 5.75 Å². The van der Waals surface area contributed by atoms with Gasteiger partial charge in [0.1, 0.15) is 11.9 Å². The second-order valence-electron chi connectivity index (χ2n) is 3.01. The van der Waals surface area contributed by atoms with Gasteiger partial charge < -0.3 is 14.7 Å². The average molecular weight is 272 g/mol. The van der Waals surface area contributed by atoms with E-state index < -0.39 is 27.1 Å². The molecular weight excluding hydrogens is 258 g/mol. The van der Waals surface area contributed by atoms with Gasteiger partial charge in [-0.25, -0.2) is 4.57 Å². The zero-order valence-electron chi connectivity index (χ0n) is 8.39. The van der Waals surface area contributed by atoms with Gasteiger partial charge in [0.2, 0.25) is 0 Å². The van der Waals surface area contributed by atoms with E-state index in [1.54, 1.807) is 18.2 Å². The summed E-state index contributed by atoms with van der Waals surface area (Å²) in [5, 5.41) is 17.4. The first-order valence-electron chi connectivity index (χ1n) is 4.54. The molecule has 0 fully saturated rings. The fourth-order valence-corrected chi connectivity index (χ4v) is 1.68. The molecule has 92 valence electrons. The molecule has 0 aliphatic carbocycles. The molecule has 8 heteroatoms. The molecule has 0 aromatic heterocycles. The normalized spacial score (nSPS) is 15.5. The summed E-state index contributed by atoms with van der Waals surface area (Å²) in [6.07, 6.45) is -1.21. The van der Waals surface area contributed by atoms with Crippen LogP contribution < -0.4 is 4.52 Å². The number of rotatable bonds is 6. The summed E-state index contributed by atoms with van der Waals surface area (Å²) < 4.78 is 20.5. The summed E-state index contributed by atoms with van der Waals surface area (Å²) in [4.78, 5) is 9.23. The molecule has 3 N–H and O–H groups in total. The Hall–Kier alpha value is 0.0900. The first-order chi connectivity index (χ1) is 7.53. The summed E-state index contributed by atoms with van der Waals surface area (Å²) in [6.45, 7) is -1.03. The van der Waals surface area contributed by atoms with Crippen LogP contribution in [0.1, 0.15) is 0 Å². The monoisotopic (exact) mass is 272 g/mol. The van der Waals surface area contributed by atoms with Crippen molar-refractivity contribution in [1.82, 2.24) is 0 Å². The summed E-state index contributed by atoms with van der Waals surface area (Å²) in [5.74, 6) is 0.187. The summed E-state index contributed by atoms with van der Waals surface area (Å²) in [5.41, 5.74) is 0. The molecule has 2 unspecified atom stereocenters. The Morgan fingerprint density at radius 3 is 2.41 bits per heavy atom. The molecule has 0 heterocycles. The van der Waals surface area contributed by atoms with Gasteiger partial charge in [0.05, 0.1) is 13.2 Å². The number of phosphoric acid groups is 1. The van der Waals surface area contributed by atoms with Gasteiger partial charge in [-0.2, -0.15) is 0 Å². The van der Waals surface area contributed by atoms with Gasteiger partial charge in [0.25, 0.3) is 0 Å². The first kappa shape index (κ1) is 17.1. The Morgan fingerprint density at radius 1 is 1.29 bits per heavy atom. The Kier molecular flexibility index (Phi) is 8.28. The van der Waals surface area contributed by atoms with Crippen LogP contribution in [0.25, 0.3) is 0 Å². The van der Waals surface area contributed by atoms with E-state index in [0.717, 1.165) is 0 Å². The van der Waals surface area contributed by atoms with Crippen LogP contribution in [0, 0.1) is 0 Å². The third-order valence-electron chi connectivity index (χ3n) is 1.60. The number of hydrogen-bond acceptors (Lipinski definition) is 5. The zero-order chi connectivity index (χ0) is 12.0. The minimum atomic E-state index is -4.25. The van der Waals surface area contributed by atoms with Crippen molar-refractivity contribution in [1.29, 1.82) is 0 Å². The first-order valence-corrected chi connectivity index (χ1v) is 6.04. The molecule has 0 saturated carbocycles. The van der Waals surface area contributed by atoms with E-state index in [4.69, 9.17) is 14.7 Å². The molecule has 0 amide bonds. The second-order valence-corrected chi connectivity index (χ2v) is 4.38. The molecule has 17 heavy (non-hydrogen) atoms. The molecule has 6 nitrogen and oxygen atoms in total. The zero-order valence-corrected chi connectivity index (χ0v) is 9.29. The van der Waals surface area contributed by atoms with Crippen molar-refractivity contribution in [2.75, 3.05) is 13.2 Å². The third-order valence-corrected chi connectivity index (χ3v) is 2.52. The summed E-state index contributed by atoms with van der Waals surface area (Å²) >= 11 is 0. The Bertz CT molecular complexity index is 360. The molecule has 0 radical (unpaired) electrons. The van der Waals surface area contributed by atoms with Gasteiger partial charge in [-0.15, -0.1) is 0 Å². The Balaban J connectivity index is 0.00000256. The van der Waals surface area contributed by atoms with Crippen LogP contribution in [0.5, 0.6) is 5.75 Å². The van der Waals surface area contributed by atoms with Crippen molar-refractivity contribution in [2.24, 2.45) is 0 Å². The number of benzene rings is 1. The van der Waals surface area contributed by atoms with Crippen molar-refractivity contribution in [2.45, 2.75) is 6.10 Å². The minimum absolute atomic E-state index is 0. The van der Waals surface area contributed by atoms with E-state index in [1.807, 2.05) is 0 Å². The van der Waals surface area contributed by atoms with Gasteiger partial charge in [0.15, 0.2) is 0 Å². The topological polar surface area (TPSA) is 96.2 Å². The van der Waals surface area contributed by atoms with E-state index in [0.29, 0.717) is 0 Å². The van der Waals surface area contributed by atoms with Crippen molar-refractivity contribution >= 4 is 37.4 Å². The summed E-state index contributed by atoms with van der Waals surface area (Å²) in [6, 6.07) is 7.99. The molecule has 1 aromatic carbocycles. The Morgan fingerprint density at radius 2 is 1.88 bits per heavy atom. The number of phosphoric ester groups is 1. The second kappa shape index (κ2) is 8.24. The number of hydrogen-bond donors (Lipinski definition) is 3. The van der Waals surface area contributed by atoms with Crippen LogP contribution >= 0.6 is 7.82 Å². The average Bonchev–Trinajstić information content (AvgIpc) is 2.27. The number of aliphatic hydroxyl groups is 2. The SMILES string of the molecule is O=P(O)(OCC(O)CO)Oc1ccccc1.[NaH]. The quantitative estimate of drug-likeness (QED) is 0.494. The van der Waals surface area contributed by atoms with Gasteiger partial charge >= 0.3 is 37.4 Å². The van der Waals surface area contributed by atoms with E-state index in [1.165, 1.54) is 12.1 Å². The van der Waals surface area contributed by atoms with Crippen molar-refractivity contribution in [3.05, 3.63) is 30.3 Å². The molecule has 0 spiro atoms. The van der Waals surface area contributed by atoms with Gasteiger partial charge in [-0.1, -0.05) is 18.2 Å². The molecule has 1 rings (SSSR count). The molecular formula is C9H14NaO6P. The van der Waals surface area contributed by atoms with E-state index in [2.05, 4.69) is 4.52 Å². The predicted molar refractivity (Wildman–Crippen MR) is 63.1 cm³/mol. The van der Waals surface area contributed by atoms with Crippen LogP contribution in [0.2, 0.25) is 0 Å². The summed E-state index contributed by atoms with van der Waals surface area (Å²) in [7, 11) is -4.25. The standard InChI is InChI=1S/C9H13O6P.Na.H/c10-6-8(11)7-14-16(12,13)15-9-4-2-1-3-5-9;;/h1-5,8,10-11H,6-7H2,(H,12,13);;. The number of para-hydroxylation sites is 1. The van der Waals surface area contributed by atoms with Crippen LogP contribution in [-0.2, 0) is 9.09 Å². The van der Waals surface area contributed by atoms with E-state index in [9.17, 15) is 9.46 Å². The molecule has 0 bridgehead atoms. The van der Waals surface area contributed by atoms with E-state index >= 15 is 0 Å². The molecule has 0 aliphatic heterocycles. The van der Waals surface area contributed by atoms with Gasteiger partial charge in [-0.3, -0.25) is 9.42 Å². The van der Waals surface area contributed by atoms with Gasteiger partial charge in [0, 0.05) is 0 Å². The van der Waals surface area contributed by atoms with Crippen molar-refractivity contribution < 1.29 is 28.7 Å². The van der Waals surface area contributed by atoms with Crippen molar-refractivity contribution in [3.63, 3.8) is 0 Å². The third kappa shape index (κ3) is 7.18. The van der Waals surface area contributed by atoms with E-state index in [-0.39, 0.29) is 35.3 Å². The maximum absolute atomic E-state index is 11.3. The van der Waals surface area contributed by atoms with Crippen LogP contribution in [0.15, 0.2) is 30.3 Å². The van der Waals surface area contributed by atoms with Crippen LogP contribution in [0.3, 0.4) is 0 Å². The predicted octanol–water partition coefficient (Wildman–Crippen LogP) is -0.113. The van der Waals surface area contributed by atoms with Crippen LogP contribution in [-0.4, -0.2) is 64.0 Å². The van der Waals surface area contributed by atoms with Crippen LogP contribution in [0.4, 0.5) is 0 Å².